The SMILES string of the molecule is CC1=CC(=O)O[C@H](/C=C(\C)CCC[C@@H]2CC[C@](CCC/C(C)=C/[C@@H]3CC(C)=CC(=O)O3)(C3=CC(=O)C(C)(C)O3)C3=C2OC(C)(C)C3=O)C1. The smallest absolute Gasteiger partial charge is 0.331 e. The van der Waals surface area contributed by atoms with E-state index in [-0.39, 0.29) is 41.6 Å². The fraction of sp³-hybridized carbons (Fsp3) is 0.600. The Bertz CT molecular complexity index is 1560. The maximum absolute atomic E-state index is 14.2. The molecular weight excluding hydrogens is 608 g/mol. The number of allylic oxidation sites excluding steroid dienone is 4. The van der Waals surface area contributed by atoms with Crippen LogP contribution < -0.4 is 0 Å². The van der Waals surface area contributed by atoms with Crippen molar-refractivity contribution in [2.45, 2.75) is 143 Å². The van der Waals surface area contributed by atoms with Gasteiger partial charge in [-0.15, -0.1) is 0 Å². The predicted octanol–water partition coefficient (Wildman–Crippen LogP) is 8.03. The lowest BCUT2D eigenvalue weighted by Gasteiger charge is -2.41. The number of carbonyl (C=O) groups excluding carboxylic acids is 4. The normalized spacial score (nSPS) is 30.2. The van der Waals surface area contributed by atoms with Gasteiger partial charge in [-0.3, -0.25) is 9.59 Å². The Morgan fingerprint density at radius 2 is 1.35 bits per heavy atom. The van der Waals surface area contributed by atoms with E-state index in [0.717, 1.165) is 61.0 Å². The molecule has 0 aromatic carbocycles. The van der Waals surface area contributed by atoms with E-state index in [4.69, 9.17) is 18.9 Å². The van der Waals surface area contributed by atoms with E-state index < -0.39 is 16.6 Å². The summed E-state index contributed by atoms with van der Waals surface area (Å²) < 4.78 is 23.9. The molecular formula is C40H52O8. The van der Waals surface area contributed by atoms with Crippen LogP contribution in [0.5, 0.6) is 0 Å². The topological polar surface area (TPSA) is 105 Å². The number of hydrogen-bond donors (Lipinski definition) is 0. The Balaban J connectivity index is 1.36. The predicted molar refractivity (Wildman–Crippen MR) is 182 cm³/mol. The second kappa shape index (κ2) is 13.7. The van der Waals surface area contributed by atoms with Crippen molar-refractivity contribution in [1.82, 2.24) is 0 Å². The van der Waals surface area contributed by atoms with Gasteiger partial charge in [-0.2, -0.15) is 0 Å². The molecule has 0 saturated carbocycles. The lowest BCUT2D eigenvalue weighted by atomic mass is 9.63. The molecule has 5 rings (SSSR count). The molecule has 8 heteroatoms. The molecule has 0 aromatic heterocycles. The molecule has 0 saturated heterocycles. The zero-order chi connectivity index (χ0) is 35.0. The molecule has 0 bridgehead atoms. The van der Waals surface area contributed by atoms with Crippen molar-refractivity contribution < 1.29 is 38.1 Å². The Labute approximate surface area is 285 Å². The summed E-state index contributed by atoms with van der Waals surface area (Å²) in [6.45, 7) is 15.2. The highest BCUT2D eigenvalue weighted by atomic mass is 16.5. The van der Waals surface area contributed by atoms with Gasteiger partial charge >= 0.3 is 11.9 Å². The summed E-state index contributed by atoms with van der Waals surface area (Å²) in [7, 11) is 0. The van der Waals surface area contributed by atoms with Gasteiger partial charge in [0.25, 0.3) is 0 Å². The lowest BCUT2D eigenvalue weighted by Crippen LogP contribution is -2.39. The van der Waals surface area contributed by atoms with Crippen LogP contribution in [0.15, 0.2) is 69.8 Å². The molecule has 0 fully saturated rings. The summed E-state index contributed by atoms with van der Waals surface area (Å²) in [5.74, 6) is 0.680. The molecule has 1 aliphatic carbocycles. The van der Waals surface area contributed by atoms with Crippen LogP contribution in [-0.4, -0.2) is 46.9 Å². The molecule has 0 amide bonds. The standard InChI is InChI=1S/C40H52O8/c1-24(17-29-19-26(3)21-33(42)45-29)11-9-13-28-14-16-40(32-23-31(41)38(5,6)47-32,35-36(28)48-39(7,8)37(35)44)15-10-12-25(2)18-30-20-27(4)22-34(43)46-30/h17-18,21-23,28-30H,9-16,19-20H2,1-8H3/b24-17+,25-18+/t28-,29-,30-,40-/m1/s1. The maximum Gasteiger partial charge on any atom is 0.331 e. The number of carbonyl (C=O) groups is 4. The Morgan fingerprint density at radius 3 is 1.88 bits per heavy atom. The Hall–Kier alpha value is -3.68. The van der Waals surface area contributed by atoms with Crippen molar-refractivity contribution in [1.29, 1.82) is 0 Å². The highest BCUT2D eigenvalue weighted by molar-refractivity contribution is 6.06. The molecule has 48 heavy (non-hydrogen) atoms. The molecule has 5 aliphatic rings. The summed E-state index contributed by atoms with van der Waals surface area (Å²) in [5, 5.41) is 0. The maximum atomic E-state index is 14.2. The summed E-state index contributed by atoms with van der Waals surface area (Å²) in [6, 6.07) is 0. The van der Waals surface area contributed by atoms with Crippen LogP contribution in [0.4, 0.5) is 0 Å². The minimum atomic E-state index is -1.00. The number of rotatable bonds is 11. The van der Waals surface area contributed by atoms with Crippen LogP contribution in [-0.2, 0) is 38.1 Å². The largest absolute Gasteiger partial charge is 0.483 e. The van der Waals surface area contributed by atoms with Crippen molar-refractivity contribution in [2.24, 2.45) is 11.3 Å². The number of esters is 2. The third-order valence-corrected chi connectivity index (χ3v) is 10.4. The monoisotopic (exact) mass is 660 g/mol. The molecule has 0 N–H and O–H groups in total. The first-order chi connectivity index (χ1) is 22.5. The van der Waals surface area contributed by atoms with Gasteiger partial charge in [-0.25, -0.2) is 9.59 Å². The van der Waals surface area contributed by atoms with Crippen LogP contribution >= 0.6 is 0 Å². The van der Waals surface area contributed by atoms with Crippen LogP contribution in [0.1, 0.15) is 120 Å². The van der Waals surface area contributed by atoms with E-state index in [1.807, 2.05) is 40.7 Å². The van der Waals surface area contributed by atoms with E-state index in [0.29, 0.717) is 37.0 Å². The van der Waals surface area contributed by atoms with Crippen LogP contribution in [0.25, 0.3) is 0 Å². The van der Waals surface area contributed by atoms with Crippen molar-refractivity contribution in [3.8, 4) is 0 Å². The van der Waals surface area contributed by atoms with Gasteiger partial charge in [-0.05, 0) is 119 Å². The van der Waals surface area contributed by atoms with E-state index in [2.05, 4.69) is 13.0 Å². The summed E-state index contributed by atoms with van der Waals surface area (Å²) in [5.41, 5.74) is 2.24. The van der Waals surface area contributed by atoms with Gasteiger partial charge in [0.2, 0.25) is 11.6 Å². The lowest BCUT2D eigenvalue weighted by molar-refractivity contribution is -0.143. The number of Topliss-reactive ketones (excluding diaryl/α,β-unsaturated/α-hetero) is 1. The third kappa shape index (κ3) is 7.63. The minimum Gasteiger partial charge on any atom is -0.483 e. The highest BCUT2D eigenvalue weighted by Crippen LogP contribution is 2.58. The van der Waals surface area contributed by atoms with E-state index in [1.165, 1.54) is 11.6 Å². The van der Waals surface area contributed by atoms with Gasteiger partial charge < -0.3 is 18.9 Å². The average molecular weight is 661 g/mol. The van der Waals surface area contributed by atoms with Gasteiger partial charge in [0, 0.05) is 37.0 Å². The zero-order valence-corrected chi connectivity index (χ0v) is 30.0. The van der Waals surface area contributed by atoms with Crippen LogP contribution in [0.2, 0.25) is 0 Å². The number of ether oxygens (including phenoxy) is 4. The average Bonchev–Trinajstić information content (AvgIpc) is 3.38. The van der Waals surface area contributed by atoms with E-state index in [9.17, 15) is 19.2 Å². The number of cyclic esters (lactones) is 2. The molecule has 4 atom stereocenters. The van der Waals surface area contributed by atoms with Gasteiger partial charge in [-0.1, -0.05) is 22.3 Å². The molecule has 0 aromatic rings. The van der Waals surface area contributed by atoms with Crippen molar-refractivity contribution >= 4 is 23.5 Å². The Morgan fingerprint density at radius 1 is 0.792 bits per heavy atom. The van der Waals surface area contributed by atoms with Crippen molar-refractivity contribution in [3.05, 3.63) is 69.8 Å². The second-order valence-electron chi connectivity index (χ2n) is 15.6. The van der Waals surface area contributed by atoms with Crippen molar-refractivity contribution in [2.75, 3.05) is 0 Å². The third-order valence-electron chi connectivity index (χ3n) is 10.4. The first kappa shape index (κ1) is 35.6. The highest BCUT2D eigenvalue weighted by Gasteiger charge is 2.58. The summed E-state index contributed by atoms with van der Waals surface area (Å²) >= 11 is 0. The van der Waals surface area contributed by atoms with Crippen LogP contribution in [0.3, 0.4) is 0 Å². The van der Waals surface area contributed by atoms with E-state index in [1.54, 1.807) is 26.0 Å². The first-order valence-corrected chi connectivity index (χ1v) is 17.5. The van der Waals surface area contributed by atoms with E-state index >= 15 is 0 Å². The first-order valence-electron chi connectivity index (χ1n) is 17.5. The minimum absolute atomic E-state index is 0.0360. The second-order valence-corrected chi connectivity index (χ2v) is 15.6. The van der Waals surface area contributed by atoms with Gasteiger partial charge in [0.1, 0.15) is 23.7 Å². The quantitative estimate of drug-likeness (QED) is 0.162. The molecule has 0 unspecified atom stereocenters. The fourth-order valence-electron chi connectivity index (χ4n) is 7.87. The van der Waals surface area contributed by atoms with Crippen molar-refractivity contribution in [3.63, 3.8) is 0 Å². The van der Waals surface area contributed by atoms with Gasteiger partial charge in [0.05, 0.1) is 11.0 Å². The summed E-state index contributed by atoms with van der Waals surface area (Å²) in [6.07, 6.45) is 15.9. The molecule has 8 nitrogen and oxygen atoms in total. The Kier molecular flexibility index (Phi) is 10.1. The van der Waals surface area contributed by atoms with Gasteiger partial charge in [0.15, 0.2) is 11.2 Å². The number of ketones is 2. The number of hydrogen-bond acceptors (Lipinski definition) is 8. The molecule has 4 aliphatic heterocycles. The van der Waals surface area contributed by atoms with Crippen LogP contribution in [0, 0.1) is 11.3 Å². The molecule has 260 valence electrons. The molecule has 0 spiro atoms. The zero-order valence-electron chi connectivity index (χ0n) is 30.0. The summed E-state index contributed by atoms with van der Waals surface area (Å²) in [4.78, 5) is 51.1. The molecule has 4 heterocycles. The fourth-order valence-corrected chi connectivity index (χ4v) is 7.87. The molecule has 0 radical (unpaired) electrons.